The zero-order chi connectivity index (χ0) is 11.8. The fourth-order valence-corrected chi connectivity index (χ4v) is 1.07. The van der Waals surface area contributed by atoms with E-state index in [0.717, 1.165) is 6.92 Å². The van der Waals surface area contributed by atoms with Gasteiger partial charge in [0.05, 0.1) is 11.3 Å². The summed E-state index contributed by atoms with van der Waals surface area (Å²) in [4.78, 5) is 3.24. The first-order valence-corrected chi connectivity index (χ1v) is 3.79. The van der Waals surface area contributed by atoms with E-state index in [-0.39, 0.29) is 5.69 Å². The Hall–Kier alpha value is -1.40. The first-order chi connectivity index (χ1) is 6.75. The lowest BCUT2D eigenvalue weighted by Crippen LogP contribution is -2.11. The topological polar surface area (TPSA) is 33.1 Å². The van der Waals surface area contributed by atoms with Crippen LogP contribution in [0.1, 0.15) is 23.2 Å². The predicted octanol–water partition coefficient (Wildman–Crippen LogP) is 3.05. The van der Waals surface area contributed by atoms with Gasteiger partial charge >= 0.3 is 6.18 Å². The zero-order valence-corrected chi connectivity index (χ0v) is 7.44. The first-order valence-electron chi connectivity index (χ1n) is 3.79. The van der Waals surface area contributed by atoms with Crippen LogP contribution in [0.2, 0.25) is 0 Å². The minimum atomic E-state index is -5.02. The minimum absolute atomic E-state index is 0.341. The number of aromatic hydroxyl groups is 1. The summed E-state index contributed by atoms with van der Waals surface area (Å²) in [5, 5.41) is 9.05. The standard InChI is InChI=1S/C8H6F5NO/c1-3-6(15)5(8(11,12)13)4(2-14-3)7(9)10/h2,7,15H,1H3. The maximum absolute atomic E-state index is 12.3. The van der Waals surface area contributed by atoms with Crippen LogP contribution >= 0.6 is 0 Å². The molecule has 0 spiro atoms. The summed E-state index contributed by atoms with van der Waals surface area (Å²) in [6.45, 7) is 1.10. The van der Waals surface area contributed by atoms with Gasteiger partial charge in [-0.25, -0.2) is 8.78 Å². The van der Waals surface area contributed by atoms with E-state index in [2.05, 4.69) is 4.98 Å². The Morgan fingerprint density at radius 2 is 1.87 bits per heavy atom. The highest BCUT2D eigenvalue weighted by Crippen LogP contribution is 2.42. The highest BCUT2D eigenvalue weighted by Gasteiger charge is 2.39. The van der Waals surface area contributed by atoms with Crippen molar-refractivity contribution in [2.24, 2.45) is 0 Å². The largest absolute Gasteiger partial charge is 0.505 e. The highest BCUT2D eigenvalue weighted by molar-refractivity contribution is 5.43. The molecule has 84 valence electrons. The van der Waals surface area contributed by atoms with Gasteiger partial charge in [-0.3, -0.25) is 4.98 Å². The molecular weight excluding hydrogens is 221 g/mol. The maximum Gasteiger partial charge on any atom is 0.420 e. The number of alkyl halides is 5. The first kappa shape index (κ1) is 11.7. The molecule has 1 aromatic heterocycles. The van der Waals surface area contributed by atoms with Crippen molar-refractivity contribution in [3.05, 3.63) is 23.0 Å². The Morgan fingerprint density at radius 3 is 2.27 bits per heavy atom. The molecule has 0 saturated heterocycles. The Labute approximate surface area is 81.4 Å². The van der Waals surface area contributed by atoms with E-state index in [1.54, 1.807) is 0 Å². The van der Waals surface area contributed by atoms with E-state index in [0.29, 0.717) is 6.20 Å². The number of pyridine rings is 1. The monoisotopic (exact) mass is 227 g/mol. The van der Waals surface area contributed by atoms with Crippen molar-refractivity contribution < 1.29 is 27.1 Å². The smallest absolute Gasteiger partial charge is 0.420 e. The summed E-state index contributed by atoms with van der Waals surface area (Å²) in [5.41, 5.74) is -3.37. The molecule has 0 aliphatic carbocycles. The molecule has 1 aromatic rings. The van der Waals surface area contributed by atoms with Gasteiger partial charge in [-0.15, -0.1) is 0 Å². The van der Waals surface area contributed by atoms with Gasteiger partial charge in [0, 0.05) is 6.20 Å². The Kier molecular flexibility index (Phi) is 2.83. The number of halogens is 5. The van der Waals surface area contributed by atoms with Gasteiger partial charge in [0.25, 0.3) is 6.43 Å². The minimum Gasteiger partial charge on any atom is -0.505 e. The van der Waals surface area contributed by atoms with Gasteiger partial charge in [-0.1, -0.05) is 0 Å². The molecular formula is C8H6F5NO. The number of nitrogens with zero attached hydrogens (tertiary/aromatic N) is 1. The maximum atomic E-state index is 12.3. The second-order valence-corrected chi connectivity index (χ2v) is 2.82. The van der Waals surface area contributed by atoms with Gasteiger partial charge in [0.1, 0.15) is 11.3 Å². The van der Waals surface area contributed by atoms with E-state index in [4.69, 9.17) is 5.11 Å². The van der Waals surface area contributed by atoms with Gasteiger partial charge in [0.2, 0.25) is 0 Å². The van der Waals surface area contributed by atoms with E-state index in [1.807, 2.05) is 0 Å². The van der Waals surface area contributed by atoms with Gasteiger partial charge in [0.15, 0.2) is 0 Å². The van der Waals surface area contributed by atoms with Crippen molar-refractivity contribution in [1.82, 2.24) is 4.98 Å². The lowest BCUT2D eigenvalue weighted by Gasteiger charge is -2.14. The Bertz CT molecular complexity index is 374. The molecule has 7 heteroatoms. The average Bonchev–Trinajstić information content (AvgIpc) is 2.06. The summed E-state index contributed by atoms with van der Waals surface area (Å²) in [7, 11) is 0. The number of aromatic nitrogens is 1. The second-order valence-electron chi connectivity index (χ2n) is 2.82. The summed E-state index contributed by atoms with van der Waals surface area (Å²) in [6, 6.07) is 0. The van der Waals surface area contributed by atoms with Gasteiger partial charge in [-0.05, 0) is 6.92 Å². The average molecular weight is 227 g/mol. The number of rotatable bonds is 1. The molecule has 0 atom stereocenters. The second kappa shape index (κ2) is 3.63. The predicted molar refractivity (Wildman–Crippen MR) is 40.6 cm³/mol. The molecule has 15 heavy (non-hydrogen) atoms. The fourth-order valence-electron chi connectivity index (χ4n) is 1.07. The van der Waals surface area contributed by atoms with Crippen molar-refractivity contribution in [2.75, 3.05) is 0 Å². The zero-order valence-electron chi connectivity index (χ0n) is 7.44. The lowest BCUT2D eigenvalue weighted by molar-refractivity contribution is -0.140. The van der Waals surface area contributed by atoms with Gasteiger partial charge in [-0.2, -0.15) is 13.2 Å². The molecule has 0 aliphatic rings. The molecule has 0 aromatic carbocycles. The normalized spacial score (nSPS) is 12.2. The van der Waals surface area contributed by atoms with Crippen molar-refractivity contribution in [2.45, 2.75) is 19.5 Å². The quantitative estimate of drug-likeness (QED) is 0.748. The summed E-state index contributed by atoms with van der Waals surface area (Å²) in [6.07, 6.45) is -7.94. The highest BCUT2D eigenvalue weighted by atomic mass is 19.4. The molecule has 0 amide bonds. The molecule has 0 radical (unpaired) electrons. The molecule has 2 nitrogen and oxygen atoms in total. The van der Waals surface area contributed by atoms with E-state index < -0.39 is 29.5 Å². The number of hydrogen-bond acceptors (Lipinski definition) is 2. The molecule has 1 rings (SSSR count). The third-order valence-corrected chi connectivity index (χ3v) is 1.78. The van der Waals surface area contributed by atoms with Crippen LogP contribution in [0.5, 0.6) is 5.75 Å². The molecule has 1 heterocycles. The summed E-state index contributed by atoms with van der Waals surface area (Å²) >= 11 is 0. The van der Waals surface area contributed by atoms with E-state index in [1.165, 1.54) is 0 Å². The van der Waals surface area contributed by atoms with Crippen LogP contribution in [0.25, 0.3) is 0 Å². The van der Waals surface area contributed by atoms with Gasteiger partial charge < -0.3 is 5.11 Å². The number of hydrogen-bond donors (Lipinski definition) is 1. The van der Waals surface area contributed by atoms with Crippen molar-refractivity contribution in [3.8, 4) is 5.75 Å². The molecule has 1 N–H and O–H groups in total. The van der Waals surface area contributed by atoms with E-state index >= 15 is 0 Å². The molecule has 0 fully saturated rings. The van der Waals surface area contributed by atoms with Crippen LogP contribution in [0.15, 0.2) is 6.20 Å². The van der Waals surface area contributed by atoms with Crippen molar-refractivity contribution in [3.63, 3.8) is 0 Å². The third kappa shape index (κ3) is 2.16. The van der Waals surface area contributed by atoms with Crippen molar-refractivity contribution >= 4 is 0 Å². The Balaban J connectivity index is 3.49. The van der Waals surface area contributed by atoms with Crippen LogP contribution in [0.4, 0.5) is 22.0 Å². The van der Waals surface area contributed by atoms with Crippen LogP contribution in [-0.2, 0) is 6.18 Å². The molecule has 0 saturated carbocycles. The fraction of sp³-hybridized carbons (Fsp3) is 0.375. The van der Waals surface area contributed by atoms with Crippen LogP contribution in [0, 0.1) is 6.92 Å². The summed E-state index contributed by atoms with van der Waals surface area (Å²) < 4.78 is 61.4. The third-order valence-electron chi connectivity index (χ3n) is 1.78. The van der Waals surface area contributed by atoms with Crippen LogP contribution in [0.3, 0.4) is 0 Å². The molecule has 0 aliphatic heterocycles. The van der Waals surface area contributed by atoms with E-state index in [9.17, 15) is 22.0 Å². The number of aryl methyl sites for hydroxylation is 1. The Morgan fingerprint density at radius 1 is 1.33 bits per heavy atom. The van der Waals surface area contributed by atoms with Crippen LogP contribution < -0.4 is 0 Å². The molecule has 0 bridgehead atoms. The molecule has 0 unspecified atom stereocenters. The lowest BCUT2D eigenvalue weighted by atomic mass is 10.1. The SMILES string of the molecule is Cc1ncc(C(F)F)c(C(F)(F)F)c1O. The summed E-state index contributed by atoms with van der Waals surface area (Å²) in [5.74, 6) is -1.25. The van der Waals surface area contributed by atoms with Crippen LogP contribution in [-0.4, -0.2) is 10.1 Å². The van der Waals surface area contributed by atoms with Crippen molar-refractivity contribution in [1.29, 1.82) is 0 Å².